The predicted octanol–water partition coefficient (Wildman–Crippen LogP) is 3.59. The van der Waals surface area contributed by atoms with Gasteiger partial charge in [0.2, 0.25) is 0 Å². The lowest BCUT2D eigenvalue weighted by Crippen LogP contribution is -2.63. The average Bonchev–Trinajstić information content (AvgIpc) is 2.36. The van der Waals surface area contributed by atoms with Crippen LogP contribution in [0.4, 0.5) is 0 Å². The van der Waals surface area contributed by atoms with Crippen LogP contribution in [-0.4, -0.2) is 36.1 Å². The summed E-state index contributed by atoms with van der Waals surface area (Å²) in [6.45, 7) is 13.0. The van der Waals surface area contributed by atoms with Crippen molar-refractivity contribution >= 4 is 0 Å². The molecule has 1 aliphatic heterocycles. The SMILES string of the molecule is CC(C)C1CNC(C)(C)CN1CCC1=CCCCC1. The molecule has 0 saturated carbocycles. The molecule has 0 aromatic rings. The molecule has 0 amide bonds. The molecule has 0 aromatic heterocycles. The lowest BCUT2D eigenvalue weighted by atomic mass is 9.91. The molecule has 110 valence electrons. The summed E-state index contributed by atoms with van der Waals surface area (Å²) in [4.78, 5) is 2.73. The second-order valence-corrected chi connectivity index (χ2v) is 7.40. The standard InChI is InChI=1S/C17H32N2/c1-14(2)16-12-18-17(3,4)13-19(16)11-10-15-8-6-5-7-9-15/h8,14,16,18H,5-7,9-13H2,1-4H3. The van der Waals surface area contributed by atoms with Gasteiger partial charge >= 0.3 is 0 Å². The fraction of sp³-hybridized carbons (Fsp3) is 0.882. The van der Waals surface area contributed by atoms with E-state index >= 15 is 0 Å². The van der Waals surface area contributed by atoms with Gasteiger partial charge in [0.05, 0.1) is 0 Å². The fourth-order valence-corrected chi connectivity index (χ4v) is 3.51. The third-order valence-electron chi connectivity index (χ3n) is 4.73. The predicted molar refractivity (Wildman–Crippen MR) is 83.4 cm³/mol. The first kappa shape index (κ1) is 15.1. The van der Waals surface area contributed by atoms with Gasteiger partial charge in [-0.25, -0.2) is 0 Å². The molecule has 1 unspecified atom stereocenters. The van der Waals surface area contributed by atoms with Gasteiger partial charge in [-0.15, -0.1) is 0 Å². The summed E-state index contributed by atoms with van der Waals surface area (Å²) in [6, 6.07) is 0.706. The summed E-state index contributed by atoms with van der Waals surface area (Å²) in [7, 11) is 0. The van der Waals surface area contributed by atoms with Crippen molar-refractivity contribution < 1.29 is 0 Å². The summed E-state index contributed by atoms with van der Waals surface area (Å²) in [5, 5.41) is 3.70. The van der Waals surface area contributed by atoms with Gasteiger partial charge in [-0.1, -0.05) is 25.5 Å². The van der Waals surface area contributed by atoms with Crippen LogP contribution in [0.1, 0.15) is 59.8 Å². The van der Waals surface area contributed by atoms with E-state index in [1.807, 2.05) is 0 Å². The molecule has 1 saturated heterocycles. The van der Waals surface area contributed by atoms with Gasteiger partial charge in [0.15, 0.2) is 0 Å². The Morgan fingerprint density at radius 3 is 2.79 bits per heavy atom. The zero-order valence-corrected chi connectivity index (χ0v) is 13.3. The number of rotatable bonds is 4. The maximum Gasteiger partial charge on any atom is 0.0252 e. The molecule has 0 aromatic carbocycles. The number of piperazine rings is 1. The molecule has 19 heavy (non-hydrogen) atoms. The molecule has 0 bridgehead atoms. The summed E-state index contributed by atoms with van der Waals surface area (Å²) in [6.07, 6.45) is 9.27. The molecular weight excluding hydrogens is 232 g/mol. The molecule has 2 nitrogen and oxygen atoms in total. The van der Waals surface area contributed by atoms with Crippen LogP contribution in [0.15, 0.2) is 11.6 Å². The molecular formula is C17H32N2. The monoisotopic (exact) mass is 264 g/mol. The van der Waals surface area contributed by atoms with Crippen molar-refractivity contribution in [2.75, 3.05) is 19.6 Å². The molecule has 1 aliphatic carbocycles. The quantitative estimate of drug-likeness (QED) is 0.781. The number of hydrogen-bond donors (Lipinski definition) is 1. The van der Waals surface area contributed by atoms with Crippen LogP contribution in [0, 0.1) is 5.92 Å². The maximum absolute atomic E-state index is 3.70. The minimum Gasteiger partial charge on any atom is -0.309 e. The highest BCUT2D eigenvalue weighted by molar-refractivity contribution is 5.06. The van der Waals surface area contributed by atoms with Crippen LogP contribution in [0.3, 0.4) is 0 Å². The van der Waals surface area contributed by atoms with Crippen molar-refractivity contribution in [2.24, 2.45) is 5.92 Å². The Bertz CT molecular complexity index is 317. The van der Waals surface area contributed by atoms with Gasteiger partial charge in [0.25, 0.3) is 0 Å². The number of nitrogens with zero attached hydrogens (tertiary/aromatic N) is 1. The van der Waals surface area contributed by atoms with Crippen molar-refractivity contribution in [1.29, 1.82) is 0 Å². The lowest BCUT2D eigenvalue weighted by Gasteiger charge is -2.46. The topological polar surface area (TPSA) is 15.3 Å². The van der Waals surface area contributed by atoms with E-state index in [1.54, 1.807) is 5.57 Å². The van der Waals surface area contributed by atoms with Gasteiger partial charge < -0.3 is 5.32 Å². The van der Waals surface area contributed by atoms with Crippen molar-refractivity contribution in [3.8, 4) is 0 Å². The highest BCUT2D eigenvalue weighted by Crippen LogP contribution is 2.24. The number of hydrogen-bond acceptors (Lipinski definition) is 2. The third-order valence-corrected chi connectivity index (χ3v) is 4.73. The Morgan fingerprint density at radius 1 is 1.37 bits per heavy atom. The van der Waals surface area contributed by atoms with Crippen LogP contribution >= 0.6 is 0 Å². The highest BCUT2D eigenvalue weighted by atomic mass is 15.2. The third kappa shape index (κ3) is 4.32. The Labute approximate surface area is 119 Å². The molecule has 0 radical (unpaired) electrons. The van der Waals surface area contributed by atoms with Crippen molar-refractivity contribution in [2.45, 2.75) is 71.4 Å². The Balaban J connectivity index is 1.91. The first-order chi connectivity index (χ1) is 8.98. The van der Waals surface area contributed by atoms with Crippen molar-refractivity contribution in [3.63, 3.8) is 0 Å². The van der Waals surface area contributed by atoms with E-state index in [4.69, 9.17) is 0 Å². The summed E-state index contributed by atoms with van der Waals surface area (Å²) in [5.74, 6) is 0.740. The van der Waals surface area contributed by atoms with Crippen LogP contribution in [-0.2, 0) is 0 Å². The van der Waals surface area contributed by atoms with Crippen LogP contribution in [0.5, 0.6) is 0 Å². The highest BCUT2D eigenvalue weighted by Gasteiger charge is 2.33. The number of nitrogens with one attached hydrogen (secondary N) is 1. The van der Waals surface area contributed by atoms with Gasteiger partial charge in [-0.2, -0.15) is 0 Å². The second kappa shape index (κ2) is 6.41. The second-order valence-electron chi connectivity index (χ2n) is 7.40. The summed E-state index contributed by atoms with van der Waals surface area (Å²) < 4.78 is 0. The molecule has 2 rings (SSSR count). The van der Waals surface area contributed by atoms with Gasteiger partial charge in [0, 0.05) is 31.2 Å². The Morgan fingerprint density at radius 2 is 2.16 bits per heavy atom. The maximum atomic E-state index is 3.70. The van der Waals surface area contributed by atoms with E-state index < -0.39 is 0 Å². The van der Waals surface area contributed by atoms with E-state index in [9.17, 15) is 0 Å². The Kier molecular flexibility index (Phi) is 5.08. The fourth-order valence-electron chi connectivity index (χ4n) is 3.51. The lowest BCUT2D eigenvalue weighted by molar-refractivity contribution is 0.0702. The average molecular weight is 264 g/mol. The minimum atomic E-state index is 0.270. The van der Waals surface area contributed by atoms with E-state index in [2.05, 4.69) is 44.0 Å². The molecule has 1 fully saturated rings. The molecule has 2 aliphatic rings. The van der Waals surface area contributed by atoms with Crippen LogP contribution in [0.25, 0.3) is 0 Å². The van der Waals surface area contributed by atoms with Crippen molar-refractivity contribution in [1.82, 2.24) is 10.2 Å². The molecule has 1 heterocycles. The molecule has 0 spiro atoms. The van der Waals surface area contributed by atoms with Crippen LogP contribution in [0.2, 0.25) is 0 Å². The first-order valence-electron chi connectivity index (χ1n) is 8.15. The molecule has 1 N–H and O–H groups in total. The normalized spacial score (nSPS) is 28.5. The first-order valence-corrected chi connectivity index (χ1v) is 8.15. The Hall–Kier alpha value is -0.340. The van der Waals surface area contributed by atoms with Crippen molar-refractivity contribution in [3.05, 3.63) is 11.6 Å². The van der Waals surface area contributed by atoms with E-state index in [1.165, 1.54) is 45.2 Å². The van der Waals surface area contributed by atoms with Gasteiger partial charge in [-0.05, 0) is 51.9 Å². The summed E-state index contributed by atoms with van der Waals surface area (Å²) in [5.41, 5.74) is 1.98. The molecule has 1 atom stereocenters. The van der Waals surface area contributed by atoms with E-state index in [0.717, 1.165) is 12.5 Å². The summed E-state index contributed by atoms with van der Waals surface area (Å²) >= 11 is 0. The van der Waals surface area contributed by atoms with Gasteiger partial charge in [0.1, 0.15) is 0 Å². The van der Waals surface area contributed by atoms with Crippen LogP contribution < -0.4 is 5.32 Å². The smallest absolute Gasteiger partial charge is 0.0252 e. The largest absolute Gasteiger partial charge is 0.309 e. The van der Waals surface area contributed by atoms with Gasteiger partial charge in [-0.3, -0.25) is 4.90 Å². The zero-order valence-electron chi connectivity index (χ0n) is 13.3. The minimum absolute atomic E-state index is 0.270. The van der Waals surface area contributed by atoms with E-state index in [0.29, 0.717) is 6.04 Å². The zero-order chi connectivity index (χ0) is 13.9. The number of allylic oxidation sites excluding steroid dienone is 1. The van der Waals surface area contributed by atoms with E-state index in [-0.39, 0.29) is 5.54 Å². The molecule has 2 heteroatoms.